The average Bonchev–Trinajstić information content (AvgIpc) is 1.87. The second-order valence-electron chi connectivity index (χ2n) is 2.14. The maximum Gasteiger partial charge on any atom is 0.237 e. The molecular weight excluding hydrogens is 132 g/mol. The Hall–Kier alpha value is -0.900. The Morgan fingerprint density at radius 2 is 2.10 bits per heavy atom. The molecule has 0 bridgehead atoms. The molecule has 4 nitrogen and oxygen atoms in total. The Labute approximate surface area is 59.8 Å². The number of amides is 1. The van der Waals surface area contributed by atoms with E-state index in [1.807, 2.05) is 0 Å². The van der Waals surface area contributed by atoms with Gasteiger partial charge in [-0.05, 0) is 13.8 Å². The van der Waals surface area contributed by atoms with Gasteiger partial charge in [-0.15, -0.1) is 0 Å². The van der Waals surface area contributed by atoms with Crippen LogP contribution in [0.3, 0.4) is 0 Å². The van der Waals surface area contributed by atoms with Gasteiger partial charge in [0.15, 0.2) is 0 Å². The summed E-state index contributed by atoms with van der Waals surface area (Å²) < 4.78 is 0. The van der Waals surface area contributed by atoms with E-state index in [1.54, 1.807) is 13.2 Å². The quantitative estimate of drug-likeness (QED) is 0.529. The maximum absolute atomic E-state index is 10.7. The van der Waals surface area contributed by atoms with Gasteiger partial charge < -0.3 is 11.1 Å². The lowest BCUT2D eigenvalue weighted by atomic mass is 10.3. The van der Waals surface area contributed by atoms with Crippen LogP contribution >= 0.6 is 0 Å². The highest BCUT2D eigenvalue weighted by Gasteiger charge is 2.09. The van der Waals surface area contributed by atoms with Crippen molar-refractivity contribution >= 4 is 12.2 Å². The van der Waals surface area contributed by atoms with Crippen LogP contribution in [-0.2, 0) is 9.59 Å². The van der Waals surface area contributed by atoms with Gasteiger partial charge in [0, 0.05) is 0 Å². The number of rotatable bonds is 3. The smallest absolute Gasteiger partial charge is 0.237 e. The summed E-state index contributed by atoms with van der Waals surface area (Å²) in [6.45, 7) is 3.08. The molecule has 0 fully saturated rings. The van der Waals surface area contributed by atoms with Crippen LogP contribution in [0.5, 0.6) is 0 Å². The summed E-state index contributed by atoms with van der Waals surface area (Å²) in [7, 11) is 0. The molecule has 2 atom stereocenters. The summed E-state index contributed by atoms with van der Waals surface area (Å²) in [4.78, 5) is 20.6. The van der Waals surface area contributed by atoms with Gasteiger partial charge in [0.05, 0.1) is 12.1 Å². The highest BCUT2D eigenvalue weighted by atomic mass is 16.2. The lowest BCUT2D eigenvalue weighted by Gasteiger charge is -2.08. The Balaban J connectivity index is 3.68. The van der Waals surface area contributed by atoms with Crippen LogP contribution in [-0.4, -0.2) is 24.3 Å². The molecule has 0 rings (SSSR count). The number of hydrogen-bond acceptors (Lipinski definition) is 3. The molecule has 4 heteroatoms. The first kappa shape index (κ1) is 9.10. The standard InChI is InChI=1S/C6H11N2O2/c1-4(3-9)8-6(10)5(2)7/h4-5H,7H2,1-2H3,(H,8,10)/t4-,5-/m1/s1. The Morgan fingerprint density at radius 3 is 2.40 bits per heavy atom. The predicted octanol–water partition coefficient (Wildman–Crippen LogP) is -1.05. The molecule has 57 valence electrons. The molecule has 0 aliphatic carbocycles. The van der Waals surface area contributed by atoms with Gasteiger partial charge in [0.25, 0.3) is 0 Å². The lowest BCUT2D eigenvalue weighted by molar-refractivity contribution is -0.122. The number of carbonyl (C=O) groups is 1. The molecule has 0 saturated heterocycles. The van der Waals surface area contributed by atoms with E-state index >= 15 is 0 Å². The Morgan fingerprint density at radius 1 is 1.60 bits per heavy atom. The highest BCUT2D eigenvalue weighted by Crippen LogP contribution is 1.78. The Bertz CT molecular complexity index is 134. The second kappa shape index (κ2) is 4.00. The van der Waals surface area contributed by atoms with Crippen LogP contribution in [0.2, 0.25) is 0 Å². The first-order chi connectivity index (χ1) is 4.57. The molecule has 0 aliphatic heterocycles. The zero-order chi connectivity index (χ0) is 8.15. The summed E-state index contributed by atoms with van der Waals surface area (Å²) in [5.74, 6) is -0.337. The third-order valence-corrected chi connectivity index (χ3v) is 0.949. The van der Waals surface area contributed by atoms with Crippen molar-refractivity contribution in [1.82, 2.24) is 5.32 Å². The molecule has 0 aromatic carbocycles. The fourth-order valence-corrected chi connectivity index (χ4v) is 0.374. The molecule has 0 aliphatic rings. The van der Waals surface area contributed by atoms with E-state index in [2.05, 4.69) is 5.32 Å². The largest absolute Gasteiger partial charge is 0.345 e. The van der Waals surface area contributed by atoms with Crippen molar-refractivity contribution < 1.29 is 9.59 Å². The second-order valence-corrected chi connectivity index (χ2v) is 2.14. The molecule has 10 heavy (non-hydrogen) atoms. The summed E-state index contributed by atoms with van der Waals surface area (Å²) in [6, 6.07) is -1.14. The third kappa shape index (κ3) is 3.19. The number of carbonyl (C=O) groups excluding carboxylic acids is 2. The van der Waals surface area contributed by atoms with E-state index in [-0.39, 0.29) is 5.91 Å². The van der Waals surface area contributed by atoms with E-state index < -0.39 is 12.1 Å². The van der Waals surface area contributed by atoms with E-state index in [0.29, 0.717) is 0 Å². The van der Waals surface area contributed by atoms with Crippen molar-refractivity contribution in [3.8, 4) is 0 Å². The van der Waals surface area contributed by atoms with Crippen LogP contribution in [0.15, 0.2) is 0 Å². The van der Waals surface area contributed by atoms with Gasteiger partial charge in [-0.2, -0.15) is 0 Å². The van der Waals surface area contributed by atoms with Gasteiger partial charge >= 0.3 is 0 Å². The number of hydrogen-bond donors (Lipinski definition) is 2. The zero-order valence-corrected chi connectivity index (χ0v) is 6.05. The minimum Gasteiger partial charge on any atom is -0.345 e. The first-order valence-corrected chi connectivity index (χ1v) is 3.01. The molecule has 0 unspecified atom stereocenters. The van der Waals surface area contributed by atoms with Crippen LogP contribution in [0.4, 0.5) is 0 Å². The van der Waals surface area contributed by atoms with Crippen LogP contribution in [0.1, 0.15) is 13.8 Å². The number of nitrogens with two attached hydrogens (primary N) is 1. The fourth-order valence-electron chi connectivity index (χ4n) is 0.374. The summed E-state index contributed by atoms with van der Waals surface area (Å²) in [6.07, 6.45) is 1.61. The monoisotopic (exact) mass is 143 g/mol. The zero-order valence-electron chi connectivity index (χ0n) is 6.05. The highest BCUT2D eigenvalue weighted by molar-refractivity contribution is 5.83. The van der Waals surface area contributed by atoms with Gasteiger partial charge in [0.2, 0.25) is 12.2 Å². The van der Waals surface area contributed by atoms with Crippen molar-refractivity contribution in [2.45, 2.75) is 25.9 Å². The molecule has 0 aromatic heterocycles. The third-order valence-electron chi connectivity index (χ3n) is 0.949. The van der Waals surface area contributed by atoms with E-state index in [1.165, 1.54) is 6.92 Å². The van der Waals surface area contributed by atoms with Crippen molar-refractivity contribution in [1.29, 1.82) is 0 Å². The van der Waals surface area contributed by atoms with Crippen molar-refractivity contribution in [2.24, 2.45) is 5.73 Å². The molecule has 1 amide bonds. The predicted molar refractivity (Wildman–Crippen MR) is 36.9 cm³/mol. The van der Waals surface area contributed by atoms with E-state index in [4.69, 9.17) is 5.73 Å². The Kier molecular flexibility index (Phi) is 3.64. The van der Waals surface area contributed by atoms with Crippen molar-refractivity contribution in [2.75, 3.05) is 0 Å². The average molecular weight is 143 g/mol. The lowest BCUT2D eigenvalue weighted by Crippen LogP contribution is -2.43. The van der Waals surface area contributed by atoms with Crippen molar-refractivity contribution in [3.63, 3.8) is 0 Å². The van der Waals surface area contributed by atoms with Gasteiger partial charge in [-0.25, -0.2) is 0 Å². The topological polar surface area (TPSA) is 72.2 Å². The molecule has 1 radical (unpaired) electrons. The molecule has 0 aromatic rings. The van der Waals surface area contributed by atoms with Gasteiger partial charge in [0.1, 0.15) is 0 Å². The minimum absolute atomic E-state index is 0.337. The van der Waals surface area contributed by atoms with Crippen LogP contribution in [0, 0.1) is 0 Å². The summed E-state index contributed by atoms with van der Waals surface area (Å²) >= 11 is 0. The van der Waals surface area contributed by atoms with E-state index in [9.17, 15) is 9.59 Å². The molecule has 0 saturated carbocycles. The van der Waals surface area contributed by atoms with Gasteiger partial charge in [-0.3, -0.25) is 9.59 Å². The molecular formula is C6H11N2O2. The maximum atomic E-state index is 10.7. The minimum atomic E-state index is -0.573. The van der Waals surface area contributed by atoms with Crippen molar-refractivity contribution in [3.05, 3.63) is 0 Å². The summed E-state index contributed by atoms with van der Waals surface area (Å²) in [5.41, 5.74) is 5.20. The fraction of sp³-hybridized carbons (Fsp3) is 0.667. The molecule has 3 N–H and O–H groups in total. The molecule has 0 spiro atoms. The van der Waals surface area contributed by atoms with Crippen LogP contribution in [0.25, 0.3) is 0 Å². The molecule has 0 heterocycles. The van der Waals surface area contributed by atoms with Gasteiger partial charge in [-0.1, -0.05) is 0 Å². The first-order valence-electron chi connectivity index (χ1n) is 3.01. The summed E-state index contributed by atoms with van der Waals surface area (Å²) in [5, 5.41) is 2.34. The SMILES string of the molecule is C[C@H]([C]=O)NC(=O)[C@@H](C)N. The number of nitrogens with one attached hydrogen (secondary N) is 1. The van der Waals surface area contributed by atoms with E-state index in [0.717, 1.165) is 0 Å². The normalized spacial score (nSPS) is 15.5. The van der Waals surface area contributed by atoms with Crippen LogP contribution < -0.4 is 11.1 Å².